The van der Waals surface area contributed by atoms with Gasteiger partial charge in [0.15, 0.2) is 0 Å². The summed E-state index contributed by atoms with van der Waals surface area (Å²) < 4.78 is 42.8. The Morgan fingerprint density at radius 3 is 2.68 bits per heavy atom. The molecule has 0 aliphatic carbocycles. The molecule has 4 nitrogen and oxygen atoms in total. The van der Waals surface area contributed by atoms with Crippen LogP contribution >= 0.6 is 0 Å². The van der Waals surface area contributed by atoms with Crippen LogP contribution in [0, 0.1) is 11.3 Å². The van der Waals surface area contributed by atoms with E-state index in [4.69, 9.17) is 10.00 Å². The second-order valence-electron chi connectivity index (χ2n) is 3.86. The highest BCUT2D eigenvalue weighted by molar-refractivity contribution is 5.53. The van der Waals surface area contributed by atoms with Crippen molar-refractivity contribution in [3.8, 4) is 6.07 Å². The molecule has 1 aromatic rings. The predicted molar refractivity (Wildman–Crippen MR) is 62.5 cm³/mol. The van der Waals surface area contributed by atoms with Gasteiger partial charge in [0.2, 0.25) is 0 Å². The van der Waals surface area contributed by atoms with E-state index in [1.54, 1.807) is 0 Å². The van der Waals surface area contributed by atoms with E-state index in [-0.39, 0.29) is 18.8 Å². The van der Waals surface area contributed by atoms with E-state index in [0.29, 0.717) is 0 Å². The summed E-state index contributed by atoms with van der Waals surface area (Å²) in [5.41, 5.74) is -1.25. The van der Waals surface area contributed by atoms with Crippen LogP contribution < -0.4 is 5.32 Å². The van der Waals surface area contributed by atoms with Gasteiger partial charge in [0.05, 0.1) is 29.9 Å². The number of ether oxygens (including phenoxy) is 1. The second kappa shape index (κ2) is 6.41. The van der Waals surface area contributed by atoms with Crippen molar-refractivity contribution in [2.24, 2.45) is 0 Å². The molecule has 0 spiro atoms. The highest BCUT2D eigenvalue weighted by Gasteiger charge is 2.33. The second-order valence-corrected chi connectivity index (χ2v) is 3.86. The summed E-state index contributed by atoms with van der Waals surface area (Å²) in [7, 11) is 1.41. The van der Waals surface area contributed by atoms with Gasteiger partial charge in [-0.2, -0.15) is 18.4 Å². The van der Waals surface area contributed by atoms with Crippen molar-refractivity contribution in [3.05, 3.63) is 29.3 Å². The van der Waals surface area contributed by atoms with E-state index in [1.165, 1.54) is 19.2 Å². The molecule has 0 bridgehead atoms. The summed E-state index contributed by atoms with van der Waals surface area (Å²) in [6, 6.07) is 4.79. The van der Waals surface area contributed by atoms with E-state index in [9.17, 15) is 18.3 Å². The number of rotatable bonds is 5. The number of nitrogens with one attached hydrogen (secondary N) is 1. The fraction of sp³-hybridized carbons (Fsp3) is 0.417. The Bertz CT molecular complexity index is 469. The van der Waals surface area contributed by atoms with E-state index in [0.717, 1.165) is 12.1 Å². The molecular weight excluding hydrogens is 261 g/mol. The third-order valence-corrected chi connectivity index (χ3v) is 2.35. The van der Waals surface area contributed by atoms with Crippen LogP contribution in [0.2, 0.25) is 0 Å². The van der Waals surface area contributed by atoms with Crippen LogP contribution in [-0.2, 0) is 10.9 Å². The molecule has 0 aromatic heterocycles. The number of hydrogen-bond acceptors (Lipinski definition) is 4. The van der Waals surface area contributed by atoms with Gasteiger partial charge in [-0.1, -0.05) is 0 Å². The highest BCUT2D eigenvalue weighted by atomic mass is 19.4. The molecule has 0 aliphatic rings. The fourth-order valence-corrected chi connectivity index (χ4v) is 1.47. The number of alkyl halides is 3. The number of aliphatic hydroxyl groups is 1. The lowest BCUT2D eigenvalue weighted by Gasteiger charge is -2.14. The maximum atomic E-state index is 12.7. The van der Waals surface area contributed by atoms with E-state index in [1.807, 2.05) is 0 Å². The molecule has 0 saturated heterocycles. The van der Waals surface area contributed by atoms with Gasteiger partial charge in [-0.05, 0) is 18.2 Å². The maximum absolute atomic E-state index is 12.7. The monoisotopic (exact) mass is 274 g/mol. The molecule has 1 aromatic carbocycles. The standard InChI is InChI=1S/C12H13F3N2O2/c1-19-7-10(18)6-17-9-3-2-8(5-16)11(4-9)12(13,14)15/h2-4,10,17-18H,6-7H2,1H3/t10-/m1/s1. The number of halogens is 3. The van der Waals surface area contributed by atoms with Crippen LogP contribution in [0.4, 0.5) is 18.9 Å². The Balaban J connectivity index is 2.85. The summed E-state index contributed by atoms with van der Waals surface area (Å²) in [4.78, 5) is 0. The summed E-state index contributed by atoms with van der Waals surface area (Å²) in [5.74, 6) is 0. The summed E-state index contributed by atoms with van der Waals surface area (Å²) in [5, 5.41) is 20.7. The van der Waals surface area contributed by atoms with Crippen molar-refractivity contribution >= 4 is 5.69 Å². The summed E-state index contributed by atoms with van der Waals surface area (Å²) >= 11 is 0. The molecule has 2 N–H and O–H groups in total. The molecular formula is C12H13F3N2O2. The lowest BCUT2D eigenvalue weighted by Crippen LogP contribution is -2.24. The highest BCUT2D eigenvalue weighted by Crippen LogP contribution is 2.33. The zero-order chi connectivity index (χ0) is 14.5. The van der Waals surface area contributed by atoms with Gasteiger partial charge in [0.25, 0.3) is 0 Å². The Morgan fingerprint density at radius 1 is 1.47 bits per heavy atom. The number of methoxy groups -OCH3 is 1. The molecule has 1 rings (SSSR count). The Hall–Kier alpha value is -1.78. The van der Waals surface area contributed by atoms with E-state index < -0.39 is 23.4 Å². The van der Waals surface area contributed by atoms with Crippen molar-refractivity contribution in [3.63, 3.8) is 0 Å². The molecule has 0 fully saturated rings. The third-order valence-electron chi connectivity index (χ3n) is 2.35. The molecule has 7 heteroatoms. The molecule has 0 amide bonds. The lowest BCUT2D eigenvalue weighted by molar-refractivity contribution is -0.137. The minimum Gasteiger partial charge on any atom is -0.389 e. The zero-order valence-electron chi connectivity index (χ0n) is 10.2. The van der Waals surface area contributed by atoms with Crippen LogP contribution in [-0.4, -0.2) is 31.5 Å². The molecule has 0 aliphatic heterocycles. The maximum Gasteiger partial charge on any atom is 0.417 e. The van der Waals surface area contributed by atoms with Gasteiger partial charge in [0, 0.05) is 19.3 Å². The lowest BCUT2D eigenvalue weighted by atomic mass is 10.1. The largest absolute Gasteiger partial charge is 0.417 e. The van der Waals surface area contributed by atoms with Crippen molar-refractivity contribution in [1.82, 2.24) is 0 Å². The smallest absolute Gasteiger partial charge is 0.389 e. The molecule has 19 heavy (non-hydrogen) atoms. The fourth-order valence-electron chi connectivity index (χ4n) is 1.47. The average molecular weight is 274 g/mol. The van der Waals surface area contributed by atoms with Crippen molar-refractivity contribution in [1.29, 1.82) is 5.26 Å². The Labute approximate surface area is 108 Å². The van der Waals surface area contributed by atoms with Crippen LogP contribution in [0.1, 0.15) is 11.1 Å². The molecule has 104 valence electrons. The number of hydrogen-bond donors (Lipinski definition) is 2. The third kappa shape index (κ3) is 4.43. The van der Waals surface area contributed by atoms with E-state index >= 15 is 0 Å². The number of nitriles is 1. The Kier molecular flexibility index (Phi) is 5.15. The topological polar surface area (TPSA) is 65.3 Å². The van der Waals surface area contributed by atoms with Gasteiger partial charge in [-0.25, -0.2) is 0 Å². The minimum atomic E-state index is -4.59. The van der Waals surface area contributed by atoms with Crippen molar-refractivity contribution in [2.45, 2.75) is 12.3 Å². The van der Waals surface area contributed by atoms with E-state index in [2.05, 4.69) is 5.32 Å². The quantitative estimate of drug-likeness (QED) is 0.862. The molecule has 0 unspecified atom stereocenters. The van der Waals surface area contributed by atoms with Gasteiger partial charge in [-0.3, -0.25) is 0 Å². The Morgan fingerprint density at radius 2 is 2.16 bits per heavy atom. The normalized spacial score (nSPS) is 12.8. The SMILES string of the molecule is COC[C@H](O)CNc1ccc(C#N)c(C(F)(F)F)c1. The first-order chi connectivity index (χ1) is 8.88. The summed E-state index contributed by atoms with van der Waals surface area (Å²) in [6.07, 6.45) is -5.41. The predicted octanol–water partition coefficient (Wildman–Crippen LogP) is 2.00. The van der Waals surface area contributed by atoms with Gasteiger partial charge >= 0.3 is 6.18 Å². The molecule has 1 atom stereocenters. The van der Waals surface area contributed by atoms with Crippen LogP contribution in [0.3, 0.4) is 0 Å². The minimum absolute atomic E-state index is 0.0526. The van der Waals surface area contributed by atoms with Gasteiger partial charge < -0.3 is 15.2 Å². The first-order valence-electron chi connectivity index (χ1n) is 5.40. The first kappa shape index (κ1) is 15.3. The summed E-state index contributed by atoms with van der Waals surface area (Å²) in [6.45, 7) is 0.131. The van der Waals surface area contributed by atoms with Crippen LogP contribution in [0.25, 0.3) is 0 Å². The van der Waals surface area contributed by atoms with Gasteiger partial charge in [-0.15, -0.1) is 0 Å². The number of benzene rings is 1. The van der Waals surface area contributed by atoms with Crippen LogP contribution in [0.5, 0.6) is 0 Å². The van der Waals surface area contributed by atoms with Crippen molar-refractivity contribution < 1.29 is 23.0 Å². The average Bonchev–Trinajstić information content (AvgIpc) is 2.35. The van der Waals surface area contributed by atoms with Gasteiger partial charge in [0.1, 0.15) is 0 Å². The zero-order valence-corrected chi connectivity index (χ0v) is 10.2. The number of aliphatic hydroxyl groups excluding tert-OH is 1. The molecule has 0 saturated carbocycles. The number of anilines is 1. The first-order valence-corrected chi connectivity index (χ1v) is 5.40. The van der Waals surface area contributed by atoms with Crippen LogP contribution in [0.15, 0.2) is 18.2 Å². The van der Waals surface area contributed by atoms with Crippen molar-refractivity contribution in [2.75, 3.05) is 25.6 Å². The number of nitrogens with zero attached hydrogens (tertiary/aromatic N) is 1. The molecule has 0 radical (unpaired) electrons. The molecule has 0 heterocycles.